The number of halogens is 1. The quantitative estimate of drug-likeness (QED) is 0.381. The maximum Gasteiger partial charge on any atom is 1.00 e. The fourth-order valence-corrected chi connectivity index (χ4v) is 5.01. The Morgan fingerprint density at radius 2 is 2.29 bits per heavy atom. The number of hydrogen-bond donors (Lipinski definition) is 0. The van der Waals surface area contributed by atoms with Gasteiger partial charge in [0.05, 0.1) is 0 Å². The number of carboxylic acids is 1. The summed E-state index contributed by atoms with van der Waals surface area (Å²) in [5.74, 6) is -1.11. The van der Waals surface area contributed by atoms with Gasteiger partial charge >= 0.3 is 186 Å². The van der Waals surface area contributed by atoms with Crippen molar-refractivity contribution in [1.29, 1.82) is 0 Å². The van der Waals surface area contributed by atoms with E-state index in [-0.39, 0.29) is 48.2 Å². The molecule has 6 nitrogen and oxygen atoms in total. The Morgan fingerprint density at radius 3 is 2.96 bits per heavy atom. The summed E-state index contributed by atoms with van der Waals surface area (Å²) in [6.07, 6.45) is 2.50. The maximum absolute atomic E-state index is 12.1. The average molecular weight is 494 g/mol. The number of aromatic carboxylic acids is 1. The van der Waals surface area contributed by atoms with Crippen LogP contribution in [0.25, 0.3) is 0 Å². The van der Waals surface area contributed by atoms with Gasteiger partial charge in [0.1, 0.15) is 0 Å². The third-order valence-corrected chi connectivity index (χ3v) is 7.85. The third kappa shape index (κ3) is 6.34. The van der Waals surface area contributed by atoms with Gasteiger partial charge in [-0.2, -0.15) is 0 Å². The van der Waals surface area contributed by atoms with Crippen LogP contribution in [-0.2, 0) is 0.951 Å². The first-order chi connectivity index (χ1) is 11.0. The molecule has 0 N–H and O–H groups in total. The number of carbonyl (C=O) groups is 2. The normalized spacial score (nSPS) is 16.4. The number of carbonyl (C=O) groups excluding carboxylic acids is 2. The fourth-order valence-electron chi connectivity index (χ4n) is 2.30. The molecule has 0 radical (unpaired) electrons. The van der Waals surface area contributed by atoms with E-state index < -0.39 is 44.1 Å². The van der Waals surface area contributed by atoms with Crippen LogP contribution < -0.4 is 28.7 Å². The molecule has 0 saturated carbocycles. The number of rotatable bonds is 7. The van der Waals surface area contributed by atoms with Crippen LogP contribution in [0.15, 0.2) is 6.07 Å². The molecule has 1 unspecified atom stereocenters. The monoisotopic (exact) mass is 493 g/mol. The smallest absolute Gasteiger partial charge is 1.00 e. The van der Waals surface area contributed by atoms with E-state index in [1.807, 2.05) is 0 Å². The zero-order valence-electron chi connectivity index (χ0n) is 13.7. The summed E-state index contributed by atoms with van der Waals surface area (Å²) >= 11 is 5.44. The van der Waals surface area contributed by atoms with Gasteiger partial charge in [0, 0.05) is 0 Å². The van der Waals surface area contributed by atoms with E-state index in [4.69, 9.17) is 17.3 Å². The summed E-state index contributed by atoms with van der Waals surface area (Å²) in [7, 11) is 0. The number of ether oxygens (including phenoxy) is 1. The van der Waals surface area contributed by atoms with Crippen LogP contribution in [0.4, 0.5) is 4.79 Å². The number of nitrogens with zero attached hydrogens (tertiary/aromatic N) is 1. The molecular weight excluding hydrogens is 477 g/mol. The average Bonchev–Trinajstić information content (AvgIpc) is 3.11. The summed E-state index contributed by atoms with van der Waals surface area (Å²) in [5, 5.41) is 11.0. The Hall–Kier alpha value is 0.504. The molecule has 1 aliphatic heterocycles. The van der Waals surface area contributed by atoms with E-state index in [2.05, 4.69) is 6.92 Å². The van der Waals surface area contributed by atoms with E-state index in [0.29, 0.717) is 10.9 Å². The molecule has 1 saturated heterocycles. The molecule has 0 aliphatic carbocycles. The minimum absolute atomic E-state index is 0. The van der Waals surface area contributed by atoms with Gasteiger partial charge in [-0.25, -0.2) is 0 Å². The zero-order chi connectivity index (χ0) is 16.8. The SMILES string of the molecule is CC[CH2][Ce][O]C(=O)N1CCCC1COc1cc(Cl)sc1C(=O)[O-].[Li+]. The molecule has 1 aliphatic rings. The summed E-state index contributed by atoms with van der Waals surface area (Å²) in [4.78, 5) is 24.8. The molecule has 0 spiro atoms. The van der Waals surface area contributed by atoms with Crippen LogP contribution in [0.5, 0.6) is 5.75 Å². The molecule has 2 rings (SSSR count). The Balaban J connectivity index is 0.00000288. The molecule has 1 atom stereocenters. The Bertz CT molecular complexity index is 573. The second-order valence-corrected chi connectivity index (χ2v) is 9.90. The number of thiophene rings is 1. The third-order valence-electron chi connectivity index (χ3n) is 3.41. The maximum atomic E-state index is 12.1. The number of amides is 1. The predicted octanol–water partition coefficient (Wildman–Crippen LogP) is -0.423. The second-order valence-electron chi connectivity index (χ2n) is 5.09. The van der Waals surface area contributed by atoms with Crippen molar-refractivity contribution in [3.8, 4) is 5.75 Å². The van der Waals surface area contributed by atoms with E-state index in [9.17, 15) is 14.7 Å². The number of hydrogen-bond acceptors (Lipinski definition) is 6. The molecule has 1 aromatic rings. The van der Waals surface area contributed by atoms with E-state index >= 15 is 0 Å². The first kappa shape index (κ1) is 22.5. The van der Waals surface area contributed by atoms with Crippen LogP contribution in [0.1, 0.15) is 35.9 Å². The zero-order valence-corrected chi connectivity index (χ0v) is 18.4. The van der Waals surface area contributed by atoms with Gasteiger partial charge in [-0.15, -0.1) is 0 Å². The van der Waals surface area contributed by atoms with Gasteiger partial charge in [0.15, 0.2) is 0 Å². The van der Waals surface area contributed by atoms with Crippen LogP contribution >= 0.6 is 22.9 Å². The molecular formula is C14H17CeClLiNO5S. The van der Waals surface area contributed by atoms with Crippen molar-refractivity contribution in [3.63, 3.8) is 0 Å². The van der Waals surface area contributed by atoms with Crippen LogP contribution in [-0.4, -0.2) is 36.2 Å². The first-order valence-corrected chi connectivity index (χ1v) is 12.1. The van der Waals surface area contributed by atoms with Crippen molar-refractivity contribution in [2.45, 2.75) is 34.2 Å². The largest absolute Gasteiger partial charge is 1.00 e. The summed E-state index contributed by atoms with van der Waals surface area (Å²) in [6.45, 7) is 2.96. The van der Waals surface area contributed by atoms with Crippen molar-refractivity contribution in [2.75, 3.05) is 13.2 Å². The molecule has 0 bridgehead atoms. The number of carboxylic acid groups (broad SMARTS) is 1. The molecule has 24 heavy (non-hydrogen) atoms. The van der Waals surface area contributed by atoms with Crippen LogP contribution in [0.2, 0.25) is 6.27 Å². The Kier molecular flexibility index (Phi) is 10.6. The molecule has 126 valence electrons. The molecule has 0 aromatic carbocycles. The van der Waals surface area contributed by atoms with Crippen LogP contribution in [0.3, 0.4) is 0 Å². The summed E-state index contributed by atoms with van der Waals surface area (Å²) in [6, 6.07) is 1.37. The molecule has 1 fully saturated rings. The van der Waals surface area contributed by atoms with E-state index in [1.54, 1.807) is 4.90 Å². The van der Waals surface area contributed by atoms with Gasteiger partial charge in [-0.05, 0) is 0 Å². The van der Waals surface area contributed by atoms with Crippen molar-refractivity contribution in [1.82, 2.24) is 4.90 Å². The number of likely N-dealkylation sites (tertiary alicyclic amines) is 1. The standard InChI is InChI=1S/C11H12ClNO5S.C3H7.Ce.Li/c12-8-4-7(9(19-8)10(14)15)18-5-6-2-1-3-13(6)11(16)17;1-3-2;;/h4,6H,1-3,5H2,(H,14,15)(H,16,17);1,3H2,2H3;;/q;;2*+1/p-2. The Morgan fingerprint density at radius 1 is 1.54 bits per heavy atom. The molecule has 2 heterocycles. The van der Waals surface area contributed by atoms with Gasteiger partial charge in [0.2, 0.25) is 0 Å². The summed E-state index contributed by atoms with van der Waals surface area (Å²) < 4.78 is 12.4. The fraction of sp³-hybridized carbons (Fsp3) is 0.571. The second kappa shape index (κ2) is 11.3. The van der Waals surface area contributed by atoms with Gasteiger partial charge in [0.25, 0.3) is 0 Å². The van der Waals surface area contributed by atoms with E-state index in [0.717, 1.165) is 32.5 Å². The van der Waals surface area contributed by atoms with Crippen molar-refractivity contribution >= 4 is 35.0 Å². The van der Waals surface area contributed by atoms with Crippen molar-refractivity contribution in [3.05, 3.63) is 15.3 Å². The molecule has 10 heteroatoms. The minimum atomic E-state index is -1.31. The minimum Gasteiger partial charge on any atom is 1.00 e. The topological polar surface area (TPSA) is 78.9 Å². The van der Waals surface area contributed by atoms with Gasteiger partial charge in [-0.1, -0.05) is 0 Å². The van der Waals surface area contributed by atoms with E-state index in [1.165, 1.54) is 6.07 Å². The molecule has 1 aromatic heterocycles. The van der Waals surface area contributed by atoms with Crippen molar-refractivity contribution in [2.24, 2.45) is 0 Å². The van der Waals surface area contributed by atoms with Gasteiger partial charge in [-0.3, -0.25) is 0 Å². The predicted molar refractivity (Wildman–Crippen MR) is 80.5 cm³/mol. The van der Waals surface area contributed by atoms with Gasteiger partial charge < -0.3 is 0 Å². The Labute approximate surface area is 183 Å². The van der Waals surface area contributed by atoms with Crippen molar-refractivity contribution < 1.29 is 77.4 Å². The molecule has 1 amide bonds. The first-order valence-electron chi connectivity index (χ1n) is 7.36. The summed E-state index contributed by atoms with van der Waals surface area (Å²) in [5.41, 5.74) is 0. The van der Waals surface area contributed by atoms with Crippen LogP contribution in [0, 0.1) is 38.2 Å².